The molecular weight excluding hydrogens is 174 g/mol. The Morgan fingerprint density at radius 1 is 1.54 bits per heavy atom. The monoisotopic (exact) mass is 189 g/mol. The van der Waals surface area contributed by atoms with Crippen molar-refractivity contribution in [1.82, 2.24) is 5.32 Å². The standard InChI is InChI=1S/C8H15NO4/c1-6(8(11)12)9-7(10)4-3-5-13-2/h6H,3-5H2,1-2H3,(H,9,10)(H,11,12). The van der Waals surface area contributed by atoms with Gasteiger partial charge in [-0.25, -0.2) is 0 Å². The third-order valence-electron chi connectivity index (χ3n) is 1.50. The van der Waals surface area contributed by atoms with Gasteiger partial charge < -0.3 is 15.2 Å². The Hall–Kier alpha value is -1.10. The summed E-state index contributed by atoms with van der Waals surface area (Å²) in [5.74, 6) is -1.29. The maximum atomic E-state index is 11.0. The van der Waals surface area contributed by atoms with E-state index in [9.17, 15) is 9.59 Å². The fourth-order valence-electron chi connectivity index (χ4n) is 0.752. The molecule has 0 fully saturated rings. The minimum Gasteiger partial charge on any atom is -0.480 e. The number of hydrogen-bond donors (Lipinski definition) is 2. The van der Waals surface area contributed by atoms with Crippen molar-refractivity contribution in [1.29, 1.82) is 0 Å². The molecule has 1 amide bonds. The number of methoxy groups -OCH3 is 1. The summed E-state index contributed by atoms with van der Waals surface area (Å²) in [6.45, 7) is 1.94. The van der Waals surface area contributed by atoms with E-state index >= 15 is 0 Å². The van der Waals surface area contributed by atoms with Crippen LogP contribution in [0.5, 0.6) is 0 Å². The fraction of sp³-hybridized carbons (Fsp3) is 0.750. The van der Waals surface area contributed by atoms with Crippen LogP contribution in [0.3, 0.4) is 0 Å². The lowest BCUT2D eigenvalue weighted by Gasteiger charge is -2.08. The van der Waals surface area contributed by atoms with Gasteiger partial charge in [-0.15, -0.1) is 0 Å². The van der Waals surface area contributed by atoms with Crippen LogP contribution in [-0.4, -0.2) is 36.7 Å². The van der Waals surface area contributed by atoms with Crippen molar-refractivity contribution in [2.24, 2.45) is 0 Å². The van der Waals surface area contributed by atoms with Crippen molar-refractivity contribution in [3.63, 3.8) is 0 Å². The first-order chi connectivity index (χ1) is 6.07. The Balaban J connectivity index is 3.56. The molecule has 0 radical (unpaired) electrons. The second kappa shape index (κ2) is 6.42. The molecule has 0 saturated carbocycles. The molecule has 0 bridgehead atoms. The molecule has 0 rings (SSSR count). The van der Waals surface area contributed by atoms with E-state index in [1.54, 1.807) is 7.11 Å². The number of carboxylic acid groups (broad SMARTS) is 1. The molecule has 0 aromatic rings. The predicted molar refractivity (Wildman–Crippen MR) is 46.4 cm³/mol. The van der Waals surface area contributed by atoms with Gasteiger partial charge in [0.25, 0.3) is 0 Å². The second-order valence-electron chi connectivity index (χ2n) is 2.72. The largest absolute Gasteiger partial charge is 0.480 e. The quantitative estimate of drug-likeness (QED) is 0.577. The maximum absolute atomic E-state index is 11.0. The Labute approximate surface area is 77.1 Å². The summed E-state index contributed by atoms with van der Waals surface area (Å²) in [7, 11) is 1.55. The highest BCUT2D eigenvalue weighted by molar-refractivity contribution is 5.83. The van der Waals surface area contributed by atoms with Gasteiger partial charge in [0.1, 0.15) is 6.04 Å². The number of amides is 1. The molecule has 5 nitrogen and oxygen atoms in total. The summed E-state index contributed by atoms with van der Waals surface area (Å²) >= 11 is 0. The van der Waals surface area contributed by atoms with E-state index in [2.05, 4.69) is 5.32 Å². The maximum Gasteiger partial charge on any atom is 0.325 e. The lowest BCUT2D eigenvalue weighted by atomic mass is 10.2. The highest BCUT2D eigenvalue weighted by Crippen LogP contribution is 1.91. The first-order valence-electron chi connectivity index (χ1n) is 4.09. The van der Waals surface area contributed by atoms with E-state index < -0.39 is 12.0 Å². The van der Waals surface area contributed by atoms with Gasteiger partial charge in [-0.2, -0.15) is 0 Å². The SMILES string of the molecule is COCCCC(=O)NC(C)C(=O)O. The summed E-state index contributed by atoms with van der Waals surface area (Å²) in [6, 6.07) is -0.824. The van der Waals surface area contributed by atoms with Crippen molar-refractivity contribution >= 4 is 11.9 Å². The molecule has 0 spiro atoms. The molecular formula is C8H15NO4. The third-order valence-corrected chi connectivity index (χ3v) is 1.50. The molecule has 2 N–H and O–H groups in total. The molecule has 13 heavy (non-hydrogen) atoms. The molecule has 0 aliphatic heterocycles. The van der Waals surface area contributed by atoms with Crippen LogP contribution in [0.4, 0.5) is 0 Å². The highest BCUT2D eigenvalue weighted by Gasteiger charge is 2.12. The Bertz CT molecular complexity index is 181. The zero-order valence-electron chi connectivity index (χ0n) is 7.87. The second-order valence-corrected chi connectivity index (χ2v) is 2.72. The van der Waals surface area contributed by atoms with Gasteiger partial charge in [-0.1, -0.05) is 0 Å². The smallest absolute Gasteiger partial charge is 0.325 e. The third kappa shape index (κ3) is 6.10. The van der Waals surface area contributed by atoms with Gasteiger partial charge in [0, 0.05) is 20.1 Å². The topological polar surface area (TPSA) is 75.6 Å². The van der Waals surface area contributed by atoms with Crippen molar-refractivity contribution in [2.45, 2.75) is 25.8 Å². The van der Waals surface area contributed by atoms with Crippen molar-refractivity contribution in [2.75, 3.05) is 13.7 Å². The molecule has 0 aliphatic rings. The highest BCUT2D eigenvalue weighted by atomic mass is 16.5. The average molecular weight is 189 g/mol. The minimum atomic E-state index is -1.03. The Morgan fingerprint density at radius 2 is 2.15 bits per heavy atom. The van der Waals surface area contributed by atoms with Crippen LogP contribution in [-0.2, 0) is 14.3 Å². The minimum absolute atomic E-state index is 0.257. The zero-order valence-corrected chi connectivity index (χ0v) is 7.87. The van der Waals surface area contributed by atoms with Crippen LogP contribution in [0, 0.1) is 0 Å². The number of hydrogen-bond acceptors (Lipinski definition) is 3. The van der Waals surface area contributed by atoms with E-state index in [0.717, 1.165) is 0 Å². The van der Waals surface area contributed by atoms with Crippen LogP contribution in [0.2, 0.25) is 0 Å². The van der Waals surface area contributed by atoms with Gasteiger partial charge in [-0.05, 0) is 13.3 Å². The van der Waals surface area contributed by atoms with E-state index in [1.165, 1.54) is 6.92 Å². The van der Waals surface area contributed by atoms with Gasteiger partial charge in [0.2, 0.25) is 5.91 Å². The summed E-state index contributed by atoms with van der Waals surface area (Å²) in [4.78, 5) is 21.3. The first-order valence-corrected chi connectivity index (χ1v) is 4.09. The molecule has 0 aromatic carbocycles. The lowest BCUT2D eigenvalue weighted by Crippen LogP contribution is -2.38. The molecule has 1 atom stereocenters. The van der Waals surface area contributed by atoms with Crippen LogP contribution in [0.1, 0.15) is 19.8 Å². The van der Waals surface area contributed by atoms with Crippen molar-refractivity contribution in [3.8, 4) is 0 Å². The molecule has 76 valence electrons. The number of aliphatic carboxylic acids is 1. The van der Waals surface area contributed by atoms with Gasteiger partial charge in [0.05, 0.1) is 0 Å². The first kappa shape index (κ1) is 11.9. The molecule has 0 aromatic heterocycles. The van der Waals surface area contributed by atoms with E-state index in [0.29, 0.717) is 19.4 Å². The zero-order chi connectivity index (χ0) is 10.3. The number of carbonyl (C=O) groups is 2. The Morgan fingerprint density at radius 3 is 2.62 bits per heavy atom. The predicted octanol–water partition coefficient (Wildman–Crippen LogP) is 0.00230. The number of carboxylic acids is 1. The average Bonchev–Trinajstić information content (AvgIpc) is 2.04. The number of carbonyl (C=O) groups excluding carboxylic acids is 1. The number of rotatable bonds is 6. The van der Waals surface area contributed by atoms with E-state index in [4.69, 9.17) is 9.84 Å². The van der Waals surface area contributed by atoms with E-state index in [-0.39, 0.29) is 5.91 Å². The lowest BCUT2D eigenvalue weighted by molar-refractivity contribution is -0.141. The number of nitrogens with one attached hydrogen (secondary N) is 1. The summed E-state index contributed by atoms with van der Waals surface area (Å²) in [5.41, 5.74) is 0. The Kier molecular flexibility index (Phi) is 5.88. The molecule has 1 unspecified atom stereocenters. The summed E-state index contributed by atoms with van der Waals surface area (Å²) < 4.78 is 4.75. The van der Waals surface area contributed by atoms with Crippen molar-refractivity contribution in [3.05, 3.63) is 0 Å². The van der Waals surface area contributed by atoms with Crippen LogP contribution >= 0.6 is 0 Å². The van der Waals surface area contributed by atoms with Crippen molar-refractivity contribution < 1.29 is 19.4 Å². The molecule has 5 heteroatoms. The molecule has 0 heterocycles. The van der Waals surface area contributed by atoms with Crippen LogP contribution in [0.25, 0.3) is 0 Å². The van der Waals surface area contributed by atoms with Gasteiger partial charge in [0.15, 0.2) is 0 Å². The van der Waals surface area contributed by atoms with Gasteiger partial charge >= 0.3 is 5.97 Å². The van der Waals surface area contributed by atoms with Gasteiger partial charge in [-0.3, -0.25) is 9.59 Å². The van der Waals surface area contributed by atoms with Crippen LogP contribution in [0.15, 0.2) is 0 Å². The van der Waals surface area contributed by atoms with Crippen LogP contribution < -0.4 is 5.32 Å². The normalized spacial score (nSPS) is 12.2. The van der Waals surface area contributed by atoms with E-state index in [1.807, 2.05) is 0 Å². The molecule has 0 aliphatic carbocycles. The fourth-order valence-corrected chi connectivity index (χ4v) is 0.752. The molecule has 0 saturated heterocycles. The summed E-state index contributed by atoms with van der Waals surface area (Å²) in [6.07, 6.45) is 0.903. The number of ether oxygens (including phenoxy) is 1. The summed E-state index contributed by atoms with van der Waals surface area (Å²) in [5, 5.41) is 10.8.